The summed E-state index contributed by atoms with van der Waals surface area (Å²) in [5, 5.41) is 11.1. The van der Waals surface area contributed by atoms with Crippen LogP contribution in [0, 0.1) is 6.92 Å². The van der Waals surface area contributed by atoms with E-state index in [1.807, 2.05) is 71.5 Å². The summed E-state index contributed by atoms with van der Waals surface area (Å²) in [6.45, 7) is 2.23. The zero-order valence-electron chi connectivity index (χ0n) is 19.0. The number of nitrogens with zero attached hydrogens (tertiary/aromatic N) is 4. The zero-order chi connectivity index (χ0) is 23.9. The number of rotatable bonds is 8. The van der Waals surface area contributed by atoms with Crippen molar-refractivity contribution in [2.45, 2.75) is 13.5 Å². The maximum absolute atomic E-state index is 12.7. The van der Waals surface area contributed by atoms with Gasteiger partial charge >= 0.3 is 0 Å². The smallest absolute Gasteiger partial charge is 0.246 e. The zero-order valence-corrected chi connectivity index (χ0v) is 19.0. The van der Waals surface area contributed by atoms with Gasteiger partial charge < -0.3 is 14.7 Å². The molecule has 1 N–H and O–H groups in total. The summed E-state index contributed by atoms with van der Waals surface area (Å²) in [5.41, 5.74) is 3.68. The number of benzene rings is 2. The molecule has 0 saturated carbocycles. The molecule has 0 bridgehead atoms. The third-order valence-corrected chi connectivity index (χ3v) is 5.08. The summed E-state index contributed by atoms with van der Waals surface area (Å²) in [5.74, 6) is 0.237. The first kappa shape index (κ1) is 22.7. The Labute approximate surface area is 197 Å². The monoisotopic (exact) mass is 455 g/mol. The predicted octanol–water partition coefficient (Wildman–Crippen LogP) is 4.01. The number of anilines is 1. The van der Waals surface area contributed by atoms with Crippen molar-refractivity contribution in [2.24, 2.45) is 0 Å². The van der Waals surface area contributed by atoms with Crippen LogP contribution in [0.1, 0.15) is 16.9 Å². The lowest BCUT2D eigenvalue weighted by molar-refractivity contribution is -0.129. The largest absolute Gasteiger partial charge is 0.360 e. The first-order valence-corrected chi connectivity index (χ1v) is 10.8. The molecule has 0 spiro atoms. The lowest BCUT2D eigenvalue weighted by atomic mass is 10.1. The minimum absolute atomic E-state index is 0.117. The molecule has 2 amide bonds. The summed E-state index contributed by atoms with van der Waals surface area (Å²) in [4.78, 5) is 26.2. The lowest BCUT2D eigenvalue weighted by Crippen LogP contribution is -2.33. The highest BCUT2D eigenvalue weighted by Crippen LogP contribution is 2.23. The van der Waals surface area contributed by atoms with Crippen LogP contribution in [0.2, 0.25) is 0 Å². The van der Waals surface area contributed by atoms with Crippen molar-refractivity contribution in [3.05, 3.63) is 95.9 Å². The molecule has 8 nitrogen and oxygen atoms in total. The molecule has 0 radical (unpaired) electrons. The number of carbonyl (C=O) groups excluding carboxylic acids is 2. The van der Waals surface area contributed by atoms with E-state index in [1.165, 1.54) is 11.0 Å². The van der Waals surface area contributed by atoms with Crippen LogP contribution in [-0.4, -0.2) is 45.2 Å². The number of hydrogen-bond donors (Lipinski definition) is 1. The van der Waals surface area contributed by atoms with Crippen molar-refractivity contribution < 1.29 is 14.1 Å². The second-order valence-corrected chi connectivity index (χ2v) is 7.88. The standard InChI is InChI=1S/C26H25N5O3/c1-19-15-23(29-34-19)27-24(32)18-30(2)25(33)14-13-22-17-31(16-20-9-5-3-6-10-20)28-26(22)21-11-7-4-8-12-21/h3-15,17H,16,18H2,1-2H3,(H,27,29,32). The Balaban J connectivity index is 1.48. The second-order valence-electron chi connectivity index (χ2n) is 7.88. The Morgan fingerprint density at radius 2 is 1.79 bits per heavy atom. The minimum atomic E-state index is -0.363. The van der Waals surface area contributed by atoms with Crippen LogP contribution in [0.4, 0.5) is 5.82 Å². The molecule has 2 aromatic carbocycles. The normalized spacial score (nSPS) is 11.0. The molecule has 0 saturated heterocycles. The molecule has 0 fully saturated rings. The molecule has 172 valence electrons. The van der Waals surface area contributed by atoms with Crippen LogP contribution >= 0.6 is 0 Å². The number of aryl methyl sites for hydroxylation is 1. The lowest BCUT2D eigenvalue weighted by Gasteiger charge is -2.13. The quantitative estimate of drug-likeness (QED) is 0.405. The fourth-order valence-corrected chi connectivity index (χ4v) is 3.42. The first-order chi connectivity index (χ1) is 16.5. The van der Waals surface area contributed by atoms with Crippen LogP contribution in [-0.2, 0) is 16.1 Å². The van der Waals surface area contributed by atoms with E-state index >= 15 is 0 Å². The van der Waals surface area contributed by atoms with Gasteiger partial charge in [0.05, 0.1) is 18.8 Å². The molecule has 0 unspecified atom stereocenters. The highest BCUT2D eigenvalue weighted by molar-refractivity contribution is 5.97. The minimum Gasteiger partial charge on any atom is -0.360 e. The molecule has 0 atom stereocenters. The van der Waals surface area contributed by atoms with Gasteiger partial charge in [0.15, 0.2) is 5.82 Å². The van der Waals surface area contributed by atoms with Crippen LogP contribution < -0.4 is 5.32 Å². The molecule has 4 rings (SSSR count). The molecule has 4 aromatic rings. The Kier molecular flexibility index (Phi) is 6.98. The van der Waals surface area contributed by atoms with Gasteiger partial charge in [0, 0.05) is 36.5 Å². The van der Waals surface area contributed by atoms with Crippen molar-refractivity contribution in [3.8, 4) is 11.3 Å². The van der Waals surface area contributed by atoms with E-state index in [2.05, 4.69) is 10.5 Å². The number of likely N-dealkylation sites (N-methyl/N-ethyl adjacent to an activating group) is 1. The summed E-state index contributed by atoms with van der Waals surface area (Å²) in [6, 6.07) is 21.5. The number of carbonyl (C=O) groups is 2. The molecule has 2 heterocycles. The fourth-order valence-electron chi connectivity index (χ4n) is 3.42. The SMILES string of the molecule is Cc1cc(NC(=O)CN(C)C(=O)C=Cc2cn(Cc3ccccc3)nc2-c2ccccc2)no1. The summed E-state index contributed by atoms with van der Waals surface area (Å²) in [7, 11) is 1.57. The molecule has 34 heavy (non-hydrogen) atoms. The molecule has 2 aromatic heterocycles. The van der Waals surface area contributed by atoms with E-state index in [4.69, 9.17) is 9.62 Å². The molecule has 0 aliphatic rings. The summed E-state index contributed by atoms with van der Waals surface area (Å²) >= 11 is 0. The number of amides is 2. The average molecular weight is 456 g/mol. The second kappa shape index (κ2) is 10.4. The maximum atomic E-state index is 12.7. The van der Waals surface area contributed by atoms with E-state index in [9.17, 15) is 9.59 Å². The van der Waals surface area contributed by atoms with Gasteiger partial charge in [0.2, 0.25) is 11.8 Å². The number of hydrogen-bond acceptors (Lipinski definition) is 5. The van der Waals surface area contributed by atoms with Crippen molar-refractivity contribution in [1.82, 2.24) is 19.8 Å². The molecular weight excluding hydrogens is 430 g/mol. The topological polar surface area (TPSA) is 93.3 Å². The van der Waals surface area contributed by atoms with Gasteiger partial charge in [-0.05, 0) is 18.6 Å². The van der Waals surface area contributed by atoms with Gasteiger partial charge in [-0.3, -0.25) is 14.3 Å². The van der Waals surface area contributed by atoms with E-state index in [0.717, 1.165) is 22.4 Å². The Hall–Kier alpha value is -4.46. The maximum Gasteiger partial charge on any atom is 0.246 e. The van der Waals surface area contributed by atoms with Gasteiger partial charge in [0.1, 0.15) is 5.76 Å². The van der Waals surface area contributed by atoms with Crippen molar-refractivity contribution in [1.29, 1.82) is 0 Å². The van der Waals surface area contributed by atoms with Crippen LogP contribution in [0.25, 0.3) is 17.3 Å². The Morgan fingerprint density at radius 3 is 2.47 bits per heavy atom. The molecule has 0 aliphatic heterocycles. The summed E-state index contributed by atoms with van der Waals surface area (Å²) < 4.78 is 6.79. The van der Waals surface area contributed by atoms with Crippen molar-refractivity contribution >= 4 is 23.7 Å². The molecular formula is C26H25N5O3. The molecule has 8 heteroatoms. The predicted molar refractivity (Wildman–Crippen MR) is 130 cm³/mol. The van der Waals surface area contributed by atoms with Gasteiger partial charge in [-0.1, -0.05) is 65.8 Å². The average Bonchev–Trinajstić information content (AvgIpc) is 3.44. The van der Waals surface area contributed by atoms with Gasteiger partial charge in [-0.2, -0.15) is 5.10 Å². The summed E-state index contributed by atoms with van der Waals surface area (Å²) in [6.07, 6.45) is 5.09. The van der Waals surface area contributed by atoms with E-state index in [1.54, 1.807) is 26.1 Å². The first-order valence-electron chi connectivity index (χ1n) is 10.8. The third kappa shape index (κ3) is 5.86. The Morgan fingerprint density at radius 1 is 1.09 bits per heavy atom. The third-order valence-electron chi connectivity index (χ3n) is 5.08. The highest BCUT2D eigenvalue weighted by Gasteiger charge is 2.14. The van der Waals surface area contributed by atoms with Crippen LogP contribution in [0.15, 0.2) is 83.5 Å². The van der Waals surface area contributed by atoms with E-state index in [0.29, 0.717) is 18.1 Å². The van der Waals surface area contributed by atoms with Gasteiger partial charge in [-0.25, -0.2) is 0 Å². The van der Waals surface area contributed by atoms with Crippen molar-refractivity contribution in [2.75, 3.05) is 18.9 Å². The molecule has 0 aliphatic carbocycles. The van der Waals surface area contributed by atoms with E-state index < -0.39 is 0 Å². The fraction of sp³-hybridized carbons (Fsp3) is 0.154. The van der Waals surface area contributed by atoms with E-state index in [-0.39, 0.29) is 18.4 Å². The van der Waals surface area contributed by atoms with Gasteiger partial charge in [0.25, 0.3) is 0 Å². The number of nitrogens with one attached hydrogen (secondary N) is 1. The van der Waals surface area contributed by atoms with Crippen molar-refractivity contribution in [3.63, 3.8) is 0 Å². The van der Waals surface area contributed by atoms with Gasteiger partial charge in [-0.15, -0.1) is 0 Å². The Bertz CT molecular complexity index is 1290. The number of aromatic nitrogens is 3. The highest BCUT2D eigenvalue weighted by atomic mass is 16.5. The van der Waals surface area contributed by atoms with Crippen LogP contribution in [0.5, 0.6) is 0 Å². The van der Waals surface area contributed by atoms with Crippen LogP contribution in [0.3, 0.4) is 0 Å².